The summed E-state index contributed by atoms with van der Waals surface area (Å²) in [6.07, 6.45) is -1.19. The van der Waals surface area contributed by atoms with E-state index in [0.29, 0.717) is 33.0 Å². The second kappa shape index (κ2) is 11.7. The lowest BCUT2D eigenvalue weighted by Crippen LogP contribution is -2.26. The lowest BCUT2D eigenvalue weighted by Gasteiger charge is -2.19. The standard InChI is InChI=1S/C29H22N2O4S/c1-34-23-14-9-13-22(18-23)31-28(32)27(20-10-3-2-4-11-20)35-29(33)24-15-6-8-17-26(24)36-25-16-7-5-12-21(25)19-30/h2-18,27H,1H3,(H,31,32)/t27-/m1/s1. The van der Waals surface area contributed by atoms with E-state index in [4.69, 9.17) is 9.47 Å². The van der Waals surface area contributed by atoms with Crippen LogP contribution < -0.4 is 10.1 Å². The summed E-state index contributed by atoms with van der Waals surface area (Å²) >= 11 is 1.29. The van der Waals surface area contributed by atoms with Crippen molar-refractivity contribution in [2.45, 2.75) is 15.9 Å². The lowest BCUT2D eigenvalue weighted by atomic mass is 10.1. The number of hydrogen-bond acceptors (Lipinski definition) is 6. The molecule has 0 aromatic heterocycles. The van der Waals surface area contributed by atoms with E-state index in [2.05, 4.69) is 11.4 Å². The first-order valence-electron chi connectivity index (χ1n) is 11.1. The Morgan fingerprint density at radius 1 is 0.861 bits per heavy atom. The average molecular weight is 495 g/mol. The van der Waals surface area contributed by atoms with Gasteiger partial charge in [-0.05, 0) is 36.4 Å². The predicted molar refractivity (Wildman–Crippen MR) is 138 cm³/mol. The average Bonchev–Trinajstić information content (AvgIpc) is 2.92. The van der Waals surface area contributed by atoms with Crippen LogP contribution in [0.25, 0.3) is 0 Å². The molecular formula is C29H22N2O4S. The highest BCUT2D eigenvalue weighted by atomic mass is 32.2. The fraction of sp³-hybridized carbons (Fsp3) is 0.0690. The molecule has 4 aromatic rings. The number of nitrogens with one attached hydrogen (secondary N) is 1. The summed E-state index contributed by atoms with van der Waals surface area (Å²) in [6, 6.07) is 32.0. The first kappa shape index (κ1) is 24.6. The van der Waals surface area contributed by atoms with Gasteiger partial charge in [0.25, 0.3) is 5.91 Å². The van der Waals surface area contributed by atoms with Crippen molar-refractivity contribution in [1.29, 1.82) is 5.26 Å². The van der Waals surface area contributed by atoms with Gasteiger partial charge >= 0.3 is 5.97 Å². The van der Waals surface area contributed by atoms with Gasteiger partial charge in [-0.15, -0.1) is 0 Å². The number of amides is 1. The van der Waals surface area contributed by atoms with Gasteiger partial charge < -0.3 is 14.8 Å². The molecule has 0 heterocycles. The Hall–Kier alpha value is -4.54. The van der Waals surface area contributed by atoms with Gasteiger partial charge in [0.15, 0.2) is 0 Å². The highest BCUT2D eigenvalue weighted by Gasteiger charge is 2.27. The van der Waals surface area contributed by atoms with Crippen LogP contribution in [-0.2, 0) is 9.53 Å². The molecule has 1 amide bonds. The van der Waals surface area contributed by atoms with Crippen LogP contribution in [0.15, 0.2) is 113 Å². The molecule has 0 bridgehead atoms. The van der Waals surface area contributed by atoms with E-state index in [9.17, 15) is 14.9 Å². The second-order valence-corrected chi connectivity index (χ2v) is 8.71. The molecule has 0 aliphatic rings. The number of carbonyl (C=O) groups excluding carboxylic acids is 2. The maximum absolute atomic E-state index is 13.4. The number of rotatable bonds is 8. The van der Waals surface area contributed by atoms with Crippen molar-refractivity contribution >= 4 is 29.3 Å². The van der Waals surface area contributed by atoms with Crippen LogP contribution in [0.4, 0.5) is 5.69 Å². The summed E-state index contributed by atoms with van der Waals surface area (Å²) in [6.45, 7) is 0. The summed E-state index contributed by atoms with van der Waals surface area (Å²) in [5, 5.41) is 12.2. The molecule has 6 nitrogen and oxygen atoms in total. The number of nitrogens with zero attached hydrogens (tertiary/aromatic N) is 1. The van der Waals surface area contributed by atoms with Gasteiger partial charge in [-0.3, -0.25) is 4.79 Å². The molecule has 0 spiro atoms. The SMILES string of the molecule is COc1cccc(NC(=O)[C@H](OC(=O)c2ccccc2Sc2ccccc2C#N)c2ccccc2)c1. The quantitative estimate of drug-likeness (QED) is 0.291. The summed E-state index contributed by atoms with van der Waals surface area (Å²) in [5.41, 5.74) is 1.85. The molecule has 4 rings (SSSR count). The van der Waals surface area contributed by atoms with Crippen molar-refractivity contribution in [3.05, 3.63) is 120 Å². The summed E-state index contributed by atoms with van der Waals surface area (Å²) in [4.78, 5) is 28.0. The number of methoxy groups -OCH3 is 1. The molecule has 0 aliphatic carbocycles. The largest absolute Gasteiger partial charge is 0.497 e. The Bertz CT molecular complexity index is 1420. The fourth-order valence-corrected chi connectivity index (χ4v) is 4.49. The van der Waals surface area contributed by atoms with Crippen molar-refractivity contribution in [2.75, 3.05) is 12.4 Å². The molecule has 0 unspecified atom stereocenters. The Balaban J connectivity index is 1.61. The molecule has 0 radical (unpaired) electrons. The Morgan fingerprint density at radius 2 is 1.56 bits per heavy atom. The van der Waals surface area contributed by atoms with Crippen molar-refractivity contribution in [3.8, 4) is 11.8 Å². The molecule has 0 saturated carbocycles. The van der Waals surface area contributed by atoms with E-state index in [1.54, 1.807) is 92.0 Å². The van der Waals surface area contributed by atoms with Crippen molar-refractivity contribution in [2.24, 2.45) is 0 Å². The minimum Gasteiger partial charge on any atom is -0.497 e. The molecule has 1 atom stereocenters. The summed E-state index contributed by atoms with van der Waals surface area (Å²) in [5.74, 6) is -0.561. The summed E-state index contributed by atoms with van der Waals surface area (Å²) in [7, 11) is 1.54. The lowest BCUT2D eigenvalue weighted by molar-refractivity contribution is -0.125. The minimum absolute atomic E-state index is 0.297. The van der Waals surface area contributed by atoms with Crippen molar-refractivity contribution in [3.63, 3.8) is 0 Å². The number of benzene rings is 4. The zero-order valence-electron chi connectivity index (χ0n) is 19.4. The molecule has 0 aliphatic heterocycles. The molecule has 4 aromatic carbocycles. The maximum Gasteiger partial charge on any atom is 0.340 e. The van der Waals surface area contributed by atoms with Crippen molar-refractivity contribution < 1.29 is 19.1 Å². The van der Waals surface area contributed by atoms with E-state index < -0.39 is 18.0 Å². The van der Waals surface area contributed by atoms with Crippen LogP contribution in [0.3, 0.4) is 0 Å². The van der Waals surface area contributed by atoms with Crippen molar-refractivity contribution in [1.82, 2.24) is 0 Å². The van der Waals surface area contributed by atoms with Crippen LogP contribution in [0, 0.1) is 11.3 Å². The number of hydrogen-bond donors (Lipinski definition) is 1. The number of carbonyl (C=O) groups is 2. The Kier molecular flexibility index (Phi) is 8.01. The minimum atomic E-state index is -1.19. The third-order valence-corrected chi connectivity index (χ3v) is 6.39. The molecule has 7 heteroatoms. The Labute approximate surface area is 213 Å². The Morgan fingerprint density at radius 3 is 2.31 bits per heavy atom. The normalized spacial score (nSPS) is 11.1. The molecule has 1 N–H and O–H groups in total. The topological polar surface area (TPSA) is 88.4 Å². The second-order valence-electron chi connectivity index (χ2n) is 7.62. The van der Waals surface area contributed by atoms with Crippen LogP contribution in [0.2, 0.25) is 0 Å². The number of esters is 1. The third kappa shape index (κ3) is 5.93. The van der Waals surface area contributed by atoms with Gasteiger partial charge in [0.2, 0.25) is 6.10 Å². The number of anilines is 1. The monoisotopic (exact) mass is 494 g/mol. The molecule has 178 valence electrons. The van der Waals surface area contributed by atoms with Gasteiger partial charge in [-0.25, -0.2) is 4.79 Å². The first-order chi connectivity index (χ1) is 17.6. The highest BCUT2D eigenvalue weighted by molar-refractivity contribution is 7.99. The van der Waals surface area contributed by atoms with Crippen LogP contribution in [0.1, 0.15) is 27.6 Å². The molecule has 0 fully saturated rings. The van der Waals surface area contributed by atoms with E-state index >= 15 is 0 Å². The van der Waals surface area contributed by atoms with Crippen LogP contribution in [0.5, 0.6) is 5.75 Å². The van der Waals surface area contributed by atoms with E-state index in [-0.39, 0.29) is 0 Å². The van der Waals surface area contributed by atoms with Crippen LogP contribution >= 0.6 is 11.8 Å². The maximum atomic E-state index is 13.4. The van der Waals surface area contributed by atoms with E-state index in [1.807, 2.05) is 18.2 Å². The van der Waals surface area contributed by atoms with Gasteiger partial charge in [0, 0.05) is 27.1 Å². The fourth-order valence-electron chi connectivity index (χ4n) is 3.47. The first-order valence-corrected chi connectivity index (χ1v) is 11.9. The predicted octanol–water partition coefficient (Wildman–Crippen LogP) is 6.25. The number of nitriles is 1. The van der Waals surface area contributed by atoms with Gasteiger partial charge in [0.1, 0.15) is 11.8 Å². The zero-order valence-corrected chi connectivity index (χ0v) is 20.2. The third-order valence-electron chi connectivity index (χ3n) is 5.24. The summed E-state index contributed by atoms with van der Waals surface area (Å²) < 4.78 is 11.0. The molecule has 0 saturated heterocycles. The number of ether oxygens (including phenoxy) is 2. The van der Waals surface area contributed by atoms with Gasteiger partial charge in [-0.1, -0.05) is 72.4 Å². The van der Waals surface area contributed by atoms with E-state index in [0.717, 1.165) is 4.90 Å². The molecule has 36 heavy (non-hydrogen) atoms. The van der Waals surface area contributed by atoms with Crippen LogP contribution in [-0.4, -0.2) is 19.0 Å². The highest BCUT2D eigenvalue weighted by Crippen LogP contribution is 2.34. The van der Waals surface area contributed by atoms with E-state index in [1.165, 1.54) is 11.8 Å². The molecular weight excluding hydrogens is 472 g/mol. The van der Waals surface area contributed by atoms with Gasteiger partial charge in [0.05, 0.1) is 18.2 Å². The zero-order chi connectivity index (χ0) is 25.3. The van der Waals surface area contributed by atoms with Gasteiger partial charge in [-0.2, -0.15) is 5.26 Å². The smallest absolute Gasteiger partial charge is 0.340 e.